The lowest BCUT2D eigenvalue weighted by molar-refractivity contribution is 0.154. The molecule has 3 aliphatic rings. The molecule has 2 saturated heterocycles. The second-order valence-corrected chi connectivity index (χ2v) is 10.9. The fourth-order valence-corrected chi connectivity index (χ4v) is 6.15. The van der Waals surface area contributed by atoms with Gasteiger partial charge in [0.15, 0.2) is 5.82 Å². The van der Waals surface area contributed by atoms with Gasteiger partial charge in [-0.05, 0) is 75.2 Å². The fourth-order valence-electron chi connectivity index (χ4n) is 5.98. The number of hydrogen-bond acceptors (Lipinski definition) is 8. The first-order valence-electron chi connectivity index (χ1n) is 13.3. The maximum atomic E-state index is 10.7. The Labute approximate surface area is 216 Å². The zero-order valence-electron chi connectivity index (χ0n) is 20.8. The summed E-state index contributed by atoms with van der Waals surface area (Å²) in [6.07, 6.45) is 13.6. The number of piperidine rings is 2. The molecule has 9 nitrogen and oxygen atoms in total. The average Bonchev–Trinajstić information content (AvgIpc) is 3.45. The molecule has 0 amide bonds. The van der Waals surface area contributed by atoms with E-state index in [1.807, 2.05) is 0 Å². The topological polar surface area (TPSA) is 103 Å². The van der Waals surface area contributed by atoms with Crippen LogP contribution in [0.3, 0.4) is 0 Å². The van der Waals surface area contributed by atoms with Crippen molar-refractivity contribution in [1.82, 2.24) is 20.2 Å². The third-order valence-electron chi connectivity index (χ3n) is 7.92. The van der Waals surface area contributed by atoms with Crippen molar-refractivity contribution in [2.45, 2.75) is 69.4 Å². The first-order chi connectivity index (χ1) is 17.6. The molecule has 1 saturated carbocycles. The van der Waals surface area contributed by atoms with Gasteiger partial charge in [0.25, 0.3) is 0 Å². The normalized spacial score (nSPS) is 23.1. The van der Waals surface area contributed by atoms with Crippen molar-refractivity contribution in [3.05, 3.63) is 42.2 Å². The van der Waals surface area contributed by atoms with Crippen LogP contribution < -0.4 is 15.5 Å². The number of nitrogens with one attached hydrogen (secondary N) is 2. The van der Waals surface area contributed by atoms with E-state index in [4.69, 9.17) is 13.7 Å². The lowest BCUT2D eigenvalue weighted by Crippen LogP contribution is -2.46. The molecule has 0 spiro atoms. The molecule has 1 unspecified atom stereocenters. The van der Waals surface area contributed by atoms with Gasteiger partial charge in [-0.3, -0.25) is 19.0 Å². The van der Waals surface area contributed by atoms with Crippen LogP contribution in [0.5, 0.6) is 0 Å². The van der Waals surface area contributed by atoms with Crippen molar-refractivity contribution in [2.75, 3.05) is 43.1 Å². The van der Waals surface area contributed by atoms with Crippen molar-refractivity contribution in [1.29, 1.82) is 0 Å². The number of benzene rings is 1. The zero-order chi connectivity index (χ0) is 24.7. The fraction of sp³-hybridized carbons (Fsp3) is 0.615. The van der Waals surface area contributed by atoms with E-state index in [9.17, 15) is 4.21 Å². The van der Waals surface area contributed by atoms with Gasteiger partial charge in [0, 0.05) is 30.9 Å². The Bertz CT molecular complexity index is 995. The van der Waals surface area contributed by atoms with E-state index < -0.39 is 11.4 Å². The summed E-state index contributed by atoms with van der Waals surface area (Å²) in [6.45, 7) is 4.16. The Morgan fingerprint density at radius 3 is 2.53 bits per heavy atom. The Kier molecular flexibility index (Phi) is 8.81. The lowest BCUT2D eigenvalue weighted by Gasteiger charge is -2.36. The van der Waals surface area contributed by atoms with Gasteiger partial charge in [-0.1, -0.05) is 25.0 Å². The van der Waals surface area contributed by atoms with Gasteiger partial charge in [-0.25, -0.2) is 4.98 Å². The van der Waals surface area contributed by atoms with Crippen LogP contribution in [0.4, 0.5) is 17.3 Å². The van der Waals surface area contributed by atoms with E-state index in [0.29, 0.717) is 5.92 Å². The lowest BCUT2D eigenvalue weighted by atomic mass is 9.88. The van der Waals surface area contributed by atoms with Crippen LogP contribution in [0.15, 0.2) is 36.7 Å². The highest BCUT2D eigenvalue weighted by Gasteiger charge is 2.27. The summed E-state index contributed by atoms with van der Waals surface area (Å²) < 4.78 is 24.1. The summed E-state index contributed by atoms with van der Waals surface area (Å²) in [5.41, 5.74) is 2.45. The molecule has 2 aromatic rings. The maximum absolute atomic E-state index is 10.7. The molecule has 2 aliphatic heterocycles. The molecule has 36 heavy (non-hydrogen) atoms. The SMILES string of the molecule is O=S(O)OCN[C@@H]1CCCN(c2cncc(Nc3ccc(C4CCN(C5CCCC5)CC4)cc3)n2)C1. The number of likely N-dealkylation sites (tertiary alicyclic amines) is 1. The first-order valence-corrected chi connectivity index (χ1v) is 14.3. The maximum Gasteiger partial charge on any atom is 0.303 e. The van der Waals surface area contributed by atoms with Gasteiger partial charge in [0.05, 0.1) is 12.4 Å². The van der Waals surface area contributed by atoms with Crippen molar-refractivity contribution >= 4 is 28.7 Å². The van der Waals surface area contributed by atoms with E-state index in [0.717, 1.165) is 49.3 Å². The minimum absolute atomic E-state index is 0.0461. The predicted octanol–water partition coefficient (Wildman–Crippen LogP) is 4.01. The predicted molar refractivity (Wildman–Crippen MR) is 143 cm³/mol. The molecule has 1 aliphatic carbocycles. The third-order valence-corrected chi connectivity index (χ3v) is 8.24. The highest BCUT2D eigenvalue weighted by molar-refractivity contribution is 7.74. The van der Waals surface area contributed by atoms with Crippen molar-refractivity contribution in [3.8, 4) is 0 Å². The quantitative estimate of drug-likeness (QED) is 0.338. The number of rotatable bonds is 9. The van der Waals surface area contributed by atoms with Crippen molar-refractivity contribution in [3.63, 3.8) is 0 Å². The molecule has 1 aromatic carbocycles. The van der Waals surface area contributed by atoms with Crippen LogP contribution in [0, 0.1) is 0 Å². The van der Waals surface area contributed by atoms with Crippen LogP contribution in [0.25, 0.3) is 0 Å². The molecule has 2 atom stereocenters. The van der Waals surface area contributed by atoms with E-state index in [-0.39, 0.29) is 12.8 Å². The van der Waals surface area contributed by atoms with Gasteiger partial charge >= 0.3 is 11.4 Å². The van der Waals surface area contributed by atoms with E-state index in [1.165, 1.54) is 57.2 Å². The van der Waals surface area contributed by atoms with Gasteiger partial charge in [-0.15, -0.1) is 0 Å². The summed E-state index contributed by atoms with van der Waals surface area (Å²) in [6, 6.07) is 9.83. The van der Waals surface area contributed by atoms with Gasteiger partial charge < -0.3 is 15.1 Å². The van der Waals surface area contributed by atoms with Gasteiger partial charge in [0.2, 0.25) is 0 Å². The summed E-state index contributed by atoms with van der Waals surface area (Å²) in [5, 5.41) is 6.58. The molecule has 10 heteroatoms. The molecule has 0 bridgehead atoms. The molecule has 5 rings (SSSR count). The second kappa shape index (κ2) is 12.4. The van der Waals surface area contributed by atoms with Crippen LogP contribution >= 0.6 is 0 Å². The molecular weight excluding hydrogens is 476 g/mol. The Hall–Kier alpha value is -2.11. The Morgan fingerprint density at radius 2 is 1.78 bits per heavy atom. The van der Waals surface area contributed by atoms with Gasteiger partial charge in [0.1, 0.15) is 12.5 Å². The molecule has 3 N–H and O–H groups in total. The molecule has 3 heterocycles. The Morgan fingerprint density at radius 1 is 1.00 bits per heavy atom. The largest absolute Gasteiger partial charge is 0.354 e. The molecule has 0 radical (unpaired) electrons. The first kappa shape index (κ1) is 25.5. The van der Waals surface area contributed by atoms with Crippen LogP contribution in [-0.4, -0.2) is 68.6 Å². The van der Waals surface area contributed by atoms with E-state index in [2.05, 4.69) is 49.7 Å². The average molecular weight is 515 g/mol. The standard InChI is InChI=1S/C26H38N6O3S/c33-36(34)35-19-28-23-4-3-13-32(18-23)26-17-27-16-25(30-26)29-22-9-7-20(8-10-22)21-11-14-31(15-12-21)24-5-1-2-6-24/h7-10,16-17,21,23-24,28H,1-6,11-15,18-19H2,(H,29,30)(H,33,34)/t23-/m1/s1. The van der Waals surface area contributed by atoms with E-state index in [1.54, 1.807) is 12.4 Å². The Balaban J connectivity index is 1.13. The smallest absolute Gasteiger partial charge is 0.303 e. The summed E-state index contributed by atoms with van der Waals surface area (Å²) in [5.74, 6) is 2.20. The summed E-state index contributed by atoms with van der Waals surface area (Å²) >= 11 is -2.25. The number of anilines is 3. The molecule has 196 valence electrons. The molecular formula is C26H38N6O3S. The van der Waals surface area contributed by atoms with Crippen molar-refractivity contribution < 1.29 is 12.9 Å². The minimum Gasteiger partial charge on any atom is -0.354 e. The van der Waals surface area contributed by atoms with Crippen LogP contribution in [0.2, 0.25) is 0 Å². The highest BCUT2D eigenvalue weighted by Crippen LogP contribution is 2.33. The number of aromatic nitrogens is 2. The number of hydrogen-bond donors (Lipinski definition) is 3. The van der Waals surface area contributed by atoms with Crippen molar-refractivity contribution in [2.24, 2.45) is 0 Å². The second-order valence-electron chi connectivity index (χ2n) is 10.2. The number of nitrogens with zero attached hydrogens (tertiary/aromatic N) is 4. The van der Waals surface area contributed by atoms with E-state index >= 15 is 0 Å². The zero-order valence-corrected chi connectivity index (χ0v) is 21.7. The third kappa shape index (κ3) is 6.80. The molecule has 3 fully saturated rings. The monoisotopic (exact) mass is 514 g/mol. The summed E-state index contributed by atoms with van der Waals surface area (Å²) in [7, 11) is 0. The highest BCUT2D eigenvalue weighted by atomic mass is 32.2. The minimum atomic E-state index is -2.25. The van der Waals surface area contributed by atoms with Crippen LogP contribution in [0.1, 0.15) is 62.8 Å². The molecule has 1 aromatic heterocycles. The summed E-state index contributed by atoms with van der Waals surface area (Å²) in [4.78, 5) is 14.1. The van der Waals surface area contributed by atoms with Gasteiger partial charge in [-0.2, -0.15) is 4.21 Å². The van der Waals surface area contributed by atoms with Crippen LogP contribution in [-0.2, 0) is 15.5 Å².